The normalized spacial score (nSPS) is 25.1. The molecule has 1 aromatic carbocycles. The zero-order valence-corrected chi connectivity index (χ0v) is 35.1. The summed E-state index contributed by atoms with van der Waals surface area (Å²) >= 11 is 1.63. The van der Waals surface area contributed by atoms with Gasteiger partial charge in [-0.2, -0.15) is 0 Å². The number of carbonyl (C=O) groups is 2. The molecule has 304 valence electrons. The molecule has 5 fully saturated rings. The molecule has 2 aromatic heterocycles. The Morgan fingerprint density at radius 2 is 1.75 bits per heavy atom. The molecule has 4 unspecified atom stereocenters. The van der Waals surface area contributed by atoms with Crippen LogP contribution in [-0.2, 0) is 14.3 Å². The lowest BCUT2D eigenvalue weighted by Crippen LogP contribution is -2.58. The van der Waals surface area contributed by atoms with Crippen molar-refractivity contribution in [1.29, 1.82) is 0 Å². The van der Waals surface area contributed by atoms with Crippen molar-refractivity contribution >= 4 is 29.0 Å². The average Bonchev–Trinajstić information content (AvgIpc) is 3.97. The molecule has 1 saturated carbocycles. The highest BCUT2D eigenvalue weighted by atomic mass is 32.1. The third-order valence-corrected chi connectivity index (χ3v) is 14.8. The molecular formula is C44H63N7O4S. The van der Waals surface area contributed by atoms with E-state index < -0.39 is 12.0 Å². The molecule has 12 heteroatoms. The van der Waals surface area contributed by atoms with Crippen LogP contribution in [-0.4, -0.2) is 114 Å². The van der Waals surface area contributed by atoms with Gasteiger partial charge in [0.05, 0.1) is 34.8 Å². The minimum Gasteiger partial charge on any atom is -0.376 e. The summed E-state index contributed by atoms with van der Waals surface area (Å²) in [5.74, 6) is 1.48. The van der Waals surface area contributed by atoms with Crippen molar-refractivity contribution in [3.05, 3.63) is 52.9 Å². The Labute approximate surface area is 337 Å². The molecule has 4 saturated heterocycles. The van der Waals surface area contributed by atoms with E-state index in [1.807, 2.05) is 25.4 Å². The van der Waals surface area contributed by atoms with Gasteiger partial charge in [-0.3, -0.25) is 14.5 Å². The summed E-state index contributed by atoms with van der Waals surface area (Å²) in [4.78, 5) is 43.0. The standard InChI is InChI=1S/C44H63N7O4S/c1-29(2)40(43(53)51-16-6-7-37(51)42(52)46-31(4)34-8-10-35(11-9-34)41-32(5)45-28-56-41)38-23-39(47-55-38)49-17-12-33(13-18-49)27-48-19-14-44(15-20-48)24-36(25-44)50-21-22-54-30(3)26-50/h8-11,23,28-31,33,36-37,40H,6-7,12-22,24-27H2,1-5H3,(H,46,52). The number of nitrogens with one attached hydrogen (secondary N) is 1. The molecule has 4 aliphatic heterocycles. The van der Waals surface area contributed by atoms with Crippen LogP contribution in [0.3, 0.4) is 0 Å². The molecule has 0 bridgehead atoms. The van der Waals surface area contributed by atoms with Gasteiger partial charge in [0.25, 0.3) is 0 Å². The largest absolute Gasteiger partial charge is 0.376 e. The van der Waals surface area contributed by atoms with Crippen molar-refractivity contribution in [3.63, 3.8) is 0 Å². The third kappa shape index (κ3) is 8.45. The number of likely N-dealkylation sites (tertiary alicyclic amines) is 2. The molecule has 6 heterocycles. The van der Waals surface area contributed by atoms with Crippen molar-refractivity contribution in [2.24, 2.45) is 17.3 Å². The number of aryl methyl sites for hydroxylation is 1. The number of benzene rings is 1. The maximum absolute atomic E-state index is 14.2. The first kappa shape index (κ1) is 39.5. The lowest BCUT2D eigenvalue weighted by Gasteiger charge is -2.56. The molecule has 1 aliphatic carbocycles. The van der Waals surface area contributed by atoms with E-state index in [1.165, 1.54) is 45.3 Å². The summed E-state index contributed by atoms with van der Waals surface area (Å²) in [5, 5.41) is 7.70. The second kappa shape index (κ2) is 16.9. The topological polar surface area (TPSA) is 107 Å². The number of aromatic nitrogens is 2. The lowest BCUT2D eigenvalue weighted by atomic mass is 9.60. The number of rotatable bonds is 11. The molecule has 56 heavy (non-hydrogen) atoms. The quantitative estimate of drug-likeness (QED) is 0.222. The van der Waals surface area contributed by atoms with Gasteiger partial charge in [-0.25, -0.2) is 4.98 Å². The molecule has 11 nitrogen and oxygen atoms in total. The first-order valence-corrected chi connectivity index (χ1v) is 22.3. The van der Waals surface area contributed by atoms with Gasteiger partial charge in [-0.1, -0.05) is 43.3 Å². The van der Waals surface area contributed by atoms with Crippen molar-refractivity contribution in [2.45, 2.75) is 116 Å². The van der Waals surface area contributed by atoms with E-state index in [0.29, 0.717) is 36.2 Å². The molecule has 3 aromatic rings. The van der Waals surface area contributed by atoms with E-state index in [1.54, 1.807) is 16.2 Å². The monoisotopic (exact) mass is 785 g/mol. The molecule has 2 amide bonds. The predicted octanol–water partition coefficient (Wildman–Crippen LogP) is 6.90. The Kier molecular flexibility index (Phi) is 11.9. The maximum atomic E-state index is 14.2. The van der Waals surface area contributed by atoms with Crippen molar-refractivity contribution < 1.29 is 18.8 Å². The van der Waals surface area contributed by atoms with Crippen LogP contribution in [0.2, 0.25) is 0 Å². The van der Waals surface area contributed by atoms with Gasteiger partial charge >= 0.3 is 0 Å². The van der Waals surface area contributed by atoms with Crippen LogP contribution >= 0.6 is 11.3 Å². The summed E-state index contributed by atoms with van der Waals surface area (Å²) in [5.41, 5.74) is 5.63. The number of hydrogen-bond acceptors (Lipinski definition) is 10. The smallest absolute Gasteiger partial charge is 0.243 e. The molecule has 4 atom stereocenters. The number of ether oxygens (including phenoxy) is 1. The molecule has 1 spiro atoms. The van der Waals surface area contributed by atoms with E-state index in [9.17, 15) is 9.59 Å². The van der Waals surface area contributed by atoms with Gasteiger partial charge in [0.2, 0.25) is 11.8 Å². The fourth-order valence-corrected chi connectivity index (χ4v) is 11.2. The highest BCUT2D eigenvalue weighted by molar-refractivity contribution is 7.13. The number of morpholine rings is 1. The number of hydrogen-bond donors (Lipinski definition) is 1. The molecule has 0 radical (unpaired) electrons. The van der Waals surface area contributed by atoms with E-state index in [-0.39, 0.29) is 23.8 Å². The van der Waals surface area contributed by atoms with Gasteiger partial charge in [0, 0.05) is 51.4 Å². The highest BCUT2D eigenvalue weighted by Gasteiger charge is 2.48. The van der Waals surface area contributed by atoms with Crippen molar-refractivity contribution in [2.75, 3.05) is 63.9 Å². The van der Waals surface area contributed by atoms with Crippen LogP contribution in [0.25, 0.3) is 10.4 Å². The highest BCUT2D eigenvalue weighted by Crippen LogP contribution is 2.51. The Morgan fingerprint density at radius 1 is 1.00 bits per heavy atom. The Morgan fingerprint density at radius 3 is 2.43 bits per heavy atom. The predicted molar refractivity (Wildman–Crippen MR) is 221 cm³/mol. The average molecular weight is 786 g/mol. The molecule has 5 aliphatic rings. The number of anilines is 1. The SMILES string of the molecule is Cc1ncsc1-c1ccc(C(C)NC(=O)C2CCCN2C(=O)C(c2cc(N3CCC(CN4CCC5(CC4)CC(N4CCOC(C)C4)C5)CC3)no2)C(C)C)cc1. The zero-order chi connectivity index (χ0) is 39.0. The Bertz CT molecular complexity index is 1790. The maximum Gasteiger partial charge on any atom is 0.243 e. The number of carbonyl (C=O) groups excluding carboxylic acids is 2. The first-order valence-electron chi connectivity index (χ1n) is 21.5. The van der Waals surface area contributed by atoms with E-state index in [2.05, 4.69) is 75.2 Å². The van der Waals surface area contributed by atoms with E-state index in [0.717, 1.165) is 85.6 Å². The second-order valence-electron chi connectivity index (χ2n) is 18.1. The van der Waals surface area contributed by atoms with Gasteiger partial charge < -0.3 is 29.3 Å². The van der Waals surface area contributed by atoms with Gasteiger partial charge in [0.1, 0.15) is 12.0 Å². The summed E-state index contributed by atoms with van der Waals surface area (Å²) < 4.78 is 11.7. The van der Waals surface area contributed by atoms with Gasteiger partial charge in [-0.15, -0.1) is 11.3 Å². The van der Waals surface area contributed by atoms with Crippen LogP contribution < -0.4 is 10.2 Å². The van der Waals surface area contributed by atoms with E-state index >= 15 is 0 Å². The minimum atomic E-state index is -0.498. The van der Waals surface area contributed by atoms with Gasteiger partial charge in [-0.05, 0) is 114 Å². The van der Waals surface area contributed by atoms with Crippen molar-refractivity contribution in [3.8, 4) is 10.4 Å². The van der Waals surface area contributed by atoms with E-state index in [4.69, 9.17) is 9.26 Å². The fourth-order valence-electron chi connectivity index (χ4n) is 10.4. The number of thiazole rings is 1. The summed E-state index contributed by atoms with van der Waals surface area (Å²) in [6, 6.07) is 10.4. The molecular weight excluding hydrogens is 723 g/mol. The summed E-state index contributed by atoms with van der Waals surface area (Å²) in [7, 11) is 0. The number of amides is 2. The van der Waals surface area contributed by atoms with Gasteiger partial charge in [0.15, 0.2) is 11.6 Å². The Hall–Kier alpha value is -3.32. The number of nitrogens with zero attached hydrogens (tertiary/aromatic N) is 6. The van der Waals surface area contributed by atoms with Crippen LogP contribution in [0, 0.1) is 24.2 Å². The molecule has 8 rings (SSSR count). The summed E-state index contributed by atoms with van der Waals surface area (Å²) in [6.07, 6.45) is 9.59. The van der Waals surface area contributed by atoms with Crippen LogP contribution in [0.15, 0.2) is 40.4 Å². The van der Waals surface area contributed by atoms with Crippen LogP contribution in [0.4, 0.5) is 5.82 Å². The van der Waals surface area contributed by atoms with Crippen molar-refractivity contribution in [1.82, 2.24) is 30.2 Å². The lowest BCUT2D eigenvalue weighted by molar-refractivity contribution is -0.141. The molecule has 1 N–H and O–H groups in total. The zero-order valence-electron chi connectivity index (χ0n) is 34.3. The summed E-state index contributed by atoms with van der Waals surface area (Å²) in [6.45, 7) is 19.6. The third-order valence-electron chi connectivity index (χ3n) is 13.9. The fraction of sp³-hybridized carbons (Fsp3) is 0.682. The number of piperidine rings is 2. The first-order chi connectivity index (χ1) is 27.1. The van der Waals surface area contributed by atoms with Crippen LogP contribution in [0.5, 0.6) is 0 Å². The minimum absolute atomic E-state index is 0.00413. The second-order valence-corrected chi connectivity index (χ2v) is 18.9. The van der Waals surface area contributed by atoms with Crippen LogP contribution in [0.1, 0.15) is 108 Å². The Balaban J connectivity index is 0.806.